The van der Waals surface area contributed by atoms with E-state index in [2.05, 4.69) is 58.8 Å². The van der Waals surface area contributed by atoms with E-state index in [1.54, 1.807) is 0 Å². The van der Waals surface area contributed by atoms with Crippen molar-refractivity contribution in [3.8, 4) is 0 Å². The Kier molecular flexibility index (Phi) is 15.8. The topological polar surface area (TPSA) is 113 Å². The zero-order chi connectivity index (χ0) is 37.4. The lowest BCUT2D eigenvalue weighted by molar-refractivity contribution is -0.158. The molecule has 0 spiro atoms. The van der Waals surface area contributed by atoms with E-state index in [9.17, 15) is 14.4 Å². The first-order valence-electron chi connectivity index (χ1n) is 18.2. The Balaban J connectivity index is 2.39. The van der Waals surface area contributed by atoms with E-state index in [0.717, 1.165) is 13.1 Å². The summed E-state index contributed by atoms with van der Waals surface area (Å²) in [5, 5.41) is 3.67. The summed E-state index contributed by atoms with van der Waals surface area (Å²) in [7, 11) is -2.04. The number of hydrogen-bond donors (Lipinski definition) is 1. The lowest BCUT2D eigenvalue weighted by atomic mass is 10.1. The second-order valence-corrected chi connectivity index (χ2v) is 23.0. The molecule has 2 saturated heterocycles. The van der Waals surface area contributed by atoms with Crippen LogP contribution in [0.15, 0.2) is 0 Å². The molecule has 0 aromatic rings. The predicted octanol–water partition coefficient (Wildman–Crippen LogP) is 3.60. The largest absolute Gasteiger partial charge is 0.459 e. The first kappa shape index (κ1) is 43.6. The van der Waals surface area contributed by atoms with Crippen molar-refractivity contribution in [3.63, 3.8) is 0 Å². The van der Waals surface area contributed by atoms with Gasteiger partial charge in [0.05, 0.1) is 25.7 Å². The Morgan fingerprint density at radius 1 is 0.571 bits per heavy atom. The monoisotopic (exact) mass is 714 g/mol. The quantitative estimate of drug-likeness (QED) is 0.214. The van der Waals surface area contributed by atoms with Gasteiger partial charge >= 0.3 is 17.9 Å². The number of hydrogen-bond acceptors (Lipinski definition) is 12. The van der Waals surface area contributed by atoms with Crippen LogP contribution in [-0.4, -0.2) is 160 Å². The summed E-state index contributed by atoms with van der Waals surface area (Å²) in [4.78, 5) is 47.9. The molecule has 0 aromatic heterocycles. The van der Waals surface area contributed by atoms with Gasteiger partial charge in [-0.15, -0.1) is 0 Å². The van der Waals surface area contributed by atoms with E-state index < -0.39 is 25.1 Å². The summed E-state index contributed by atoms with van der Waals surface area (Å²) in [6, 6.07) is 0.146. The van der Waals surface area contributed by atoms with Crippen LogP contribution in [0.3, 0.4) is 0 Å². The molecule has 49 heavy (non-hydrogen) atoms. The fourth-order valence-electron chi connectivity index (χ4n) is 5.71. The maximum atomic E-state index is 13.1. The van der Waals surface area contributed by atoms with Crippen LogP contribution in [0.5, 0.6) is 0 Å². The van der Waals surface area contributed by atoms with Crippen molar-refractivity contribution in [3.05, 3.63) is 0 Å². The van der Waals surface area contributed by atoms with Gasteiger partial charge in [-0.25, -0.2) is 0 Å². The second-order valence-electron chi connectivity index (χ2n) is 18.3. The van der Waals surface area contributed by atoms with Crippen molar-refractivity contribution < 1.29 is 33.0 Å². The predicted molar refractivity (Wildman–Crippen MR) is 197 cm³/mol. The number of ether oxygens (including phenoxy) is 3. The summed E-state index contributed by atoms with van der Waals surface area (Å²) in [5.74, 6) is -0.838. The Morgan fingerprint density at radius 2 is 0.898 bits per heavy atom. The third kappa shape index (κ3) is 17.0. The third-order valence-corrected chi connectivity index (χ3v) is 13.5. The standard InChI is InChI=1S/C36H71N5O7Si/c1-33(2,3)45-30(42)25-38-15-17-39(26-31(43)46-34(4,5)6)19-21-41(22-20-40(18-16-38)27-32(44)47-35(7,8)9)28-23-37-24-29(28)48-49(13,14)36(10,11)12/h28-29,37H,15-27H2,1-14H3/t28-,29-/m1/s1. The van der Waals surface area contributed by atoms with Crippen molar-refractivity contribution in [1.82, 2.24) is 24.9 Å². The maximum absolute atomic E-state index is 13.1. The number of nitrogens with zero attached hydrogens (tertiary/aromatic N) is 4. The third-order valence-electron chi connectivity index (χ3n) is 9.04. The summed E-state index contributed by atoms with van der Waals surface area (Å²) < 4.78 is 24.1. The van der Waals surface area contributed by atoms with Gasteiger partial charge < -0.3 is 24.0 Å². The van der Waals surface area contributed by atoms with E-state index in [1.165, 1.54) is 0 Å². The minimum Gasteiger partial charge on any atom is -0.459 e. The van der Waals surface area contributed by atoms with Crippen molar-refractivity contribution in [2.24, 2.45) is 0 Å². The van der Waals surface area contributed by atoms with Crippen molar-refractivity contribution in [1.29, 1.82) is 0 Å². The molecule has 286 valence electrons. The Bertz CT molecular complexity index is 1030. The van der Waals surface area contributed by atoms with E-state index in [-0.39, 0.29) is 54.7 Å². The lowest BCUT2D eigenvalue weighted by Crippen LogP contribution is -2.55. The maximum Gasteiger partial charge on any atom is 0.320 e. The fraction of sp³-hybridized carbons (Fsp3) is 0.917. The highest BCUT2D eigenvalue weighted by atomic mass is 28.4. The summed E-state index contributed by atoms with van der Waals surface area (Å²) in [5.41, 5.74) is -1.76. The van der Waals surface area contributed by atoms with Crippen LogP contribution >= 0.6 is 0 Å². The number of nitrogens with one attached hydrogen (secondary N) is 1. The van der Waals surface area contributed by atoms with Crippen LogP contribution in [-0.2, 0) is 33.0 Å². The normalized spacial score (nSPS) is 22.7. The molecule has 0 radical (unpaired) electrons. The van der Waals surface area contributed by atoms with Gasteiger partial charge in [-0.05, 0) is 80.4 Å². The fourth-order valence-corrected chi connectivity index (χ4v) is 7.06. The molecule has 0 aliphatic carbocycles. The van der Waals surface area contributed by atoms with Gasteiger partial charge in [0, 0.05) is 71.5 Å². The molecule has 2 rings (SSSR count). The van der Waals surface area contributed by atoms with E-state index in [1.807, 2.05) is 62.3 Å². The average molecular weight is 714 g/mol. The van der Waals surface area contributed by atoms with Gasteiger partial charge in [0.25, 0.3) is 0 Å². The van der Waals surface area contributed by atoms with Crippen molar-refractivity contribution in [2.75, 3.05) is 85.1 Å². The van der Waals surface area contributed by atoms with Gasteiger partial charge in [0.15, 0.2) is 8.32 Å². The van der Waals surface area contributed by atoms with Crippen LogP contribution in [0, 0.1) is 0 Å². The van der Waals surface area contributed by atoms with Crippen molar-refractivity contribution in [2.45, 2.75) is 130 Å². The first-order valence-corrected chi connectivity index (χ1v) is 21.1. The van der Waals surface area contributed by atoms with Crippen LogP contribution in [0.4, 0.5) is 0 Å². The number of carbonyl (C=O) groups excluding carboxylic acids is 3. The van der Waals surface area contributed by atoms with Gasteiger partial charge in [-0.2, -0.15) is 0 Å². The lowest BCUT2D eigenvalue weighted by Gasteiger charge is -2.42. The van der Waals surface area contributed by atoms with E-state index in [4.69, 9.17) is 18.6 Å². The van der Waals surface area contributed by atoms with Gasteiger partial charge in [-0.1, -0.05) is 20.8 Å². The van der Waals surface area contributed by atoms with E-state index in [0.29, 0.717) is 52.4 Å². The van der Waals surface area contributed by atoms with Crippen LogP contribution in [0.25, 0.3) is 0 Å². The van der Waals surface area contributed by atoms with Crippen LogP contribution in [0.2, 0.25) is 18.1 Å². The Labute approximate surface area is 299 Å². The van der Waals surface area contributed by atoms with Crippen LogP contribution in [0.1, 0.15) is 83.1 Å². The zero-order valence-corrected chi connectivity index (χ0v) is 34.5. The zero-order valence-electron chi connectivity index (χ0n) is 33.5. The molecule has 2 atom stereocenters. The molecule has 13 heteroatoms. The first-order chi connectivity index (χ1) is 22.2. The molecule has 2 aliphatic rings. The molecule has 1 N–H and O–H groups in total. The highest BCUT2D eigenvalue weighted by Gasteiger charge is 2.43. The van der Waals surface area contributed by atoms with Crippen LogP contribution < -0.4 is 5.32 Å². The molecule has 0 bridgehead atoms. The minimum absolute atomic E-state index is 0.0386. The molecular formula is C36H71N5O7Si. The summed E-state index contributed by atoms with van der Waals surface area (Å²) >= 11 is 0. The van der Waals surface area contributed by atoms with Gasteiger partial charge in [-0.3, -0.25) is 34.0 Å². The Morgan fingerprint density at radius 3 is 1.20 bits per heavy atom. The SMILES string of the molecule is CC(C)(C)OC(=O)CN1CCN(CC(=O)OC(C)(C)C)CCN([C@@H]2CNC[C@H]2O[Si](C)(C)C(C)(C)C)CCN(CC(=O)OC(C)(C)C)CC1. The highest BCUT2D eigenvalue weighted by molar-refractivity contribution is 6.74. The van der Waals surface area contributed by atoms with E-state index >= 15 is 0 Å². The molecule has 0 saturated carbocycles. The molecule has 2 aliphatic heterocycles. The van der Waals surface area contributed by atoms with Gasteiger partial charge in [0.2, 0.25) is 0 Å². The molecule has 0 amide bonds. The number of carbonyl (C=O) groups is 3. The average Bonchev–Trinajstić information content (AvgIpc) is 3.31. The summed E-state index contributed by atoms with van der Waals surface area (Å²) in [6.45, 7) is 35.2. The number of rotatable bonds is 9. The molecular weight excluding hydrogens is 643 g/mol. The Hall–Kier alpha value is -1.61. The second kappa shape index (κ2) is 17.7. The molecule has 2 fully saturated rings. The molecule has 0 aromatic carbocycles. The van der Waals surface area contributed by atoms with Gasteiger partial charge in [0.1, 0.15) is 16.8 Å². The highest BCUT2D eigenvalue weighted by Crippen LogP contribution is 2.38. The molecule has 2 heterocycles. The smallest absolute Gasteiger partial charge is 0.320 e. The summed E-state index contributed by atoms with van der Waals surface area (Å²) in [6.07, 6.45) is 0.0386. The molecule has 12 nitrogen and oxygen atoms in total. The van der Waals surface area contributed by atoms with Crippen molar-refractivity contribution >= 4 is 26.2 Å². The minimum atomic E-state index is -2.04. The molecule has 0 unspecified atom stereocenters. The number of esters is 3.